The largest absolute Gasteiger partial charge is 0.350 e. The second-order valence-corrected chi connectivity index (χ2v) is 7.47. The predicted molar refractivity (Wildman–Crippen MR) is 107 cm³/mol. The summed E-state index contributed by atoms with van der Waals surface area (Å²) in [4.78, 5) is 32.2. The fraction of sp³-hybridized carbons (Fsp3) is 0.348. The van der Waals surface area contributed by atoms with Crippen LogP contribution in [-0.2, 0) is 29.1 Å². The molecule has 0 saturated carbocycles. The minimum absolute atomic E-state index is 0.0641. The SMILES string of the molecule is O=C(NCc1ccccn1)C1CC=CCC1C(=O)N1CCc2ccccc2C1. The van der Waals surface area contributed by atoms with Crippen molar-refractivity contribution in [1.82, 2.24) is 15.2 Å². The van der Waals surface area contributed by atoms with Gasteiger partial charge < -0.3 is 10.2 Å². The molecule has 2 heterocycles. The summed E-state index contributed by atoms with van der Waals surface area (Å²) >= 11 is 0. The minimum atomic E-state index is -0.321. The third-order valence-electron chi connectivity index (χ3n) is 5.70. The van der Waals surface area contributed by atoms with Crippen LogP contribution in [0, 0.1) is 11.8 Å². The van der Waals surface area contributed by atoms with Crippen molar-refractivity contribution in [3.8, 4) is 0 Å². The molecule has 1 aromatic carbocycles. The summed E-state index contributed by atoms with van der Waals surface area (Å²) in [5.41, 5.74) is 3.35. The van der Waals surface area contributed by atoms with Gasteiger partial charge in [-0.3, -0.25) is 14.6 Å². The smallest absolute Gasteiger partial charge is 0.227 e. The Kier molecular flexibility index (Phi) is 5.51. The van der Waals surface area contributed by atoms with Gasteiger partial charge in [-0.15, -0.1) is 0 Å². The van der Waals surface area contributed by atoms with Gasteiger partial charge in [0.15, 0.2) is 0 Å². The van der Waals surface area contributed by atoms with Crippen LogP contribution < -0.4 is 5.32 Å². The molecule has 0 spiro atoms. The fourth-order valence-electron chi connectivity index (χ4n) is 4.11. The Morgan fingerprint density at radius 1 is 1.00 bits per heavy atom. The maximum Gasteiger partial charge on any atom is 0.227 e. The molecule has 5 nitrogen and oxygen atoms in total. The van der Waals surface area contributed by atoms with E-state index in [1.807, 2.05) is 47.4 Å². The molecule has 0 fully saturated rings. The molecule has 0 radical (unpaired) electrons. The third kappa shape index (κ3) is 3.98. The molecule has 144 valence electrons. The van der Waals surface area contributed by atoms with Crippen LogP contribution in [0.3, 0.4) is 0 Å². The van der Waals surface area contributed by atoms with Gasteiger partial charge >= 0.3 is 0 Å². The lowest BCUT2D eigenvalue weighted by molar-refractivity contribution is -0.143. The van der Waals surface area contributed by atoms with E-state index in [2.05, 4.69) is 22.4 Å². The quantitative estimate of drug-likeness (QED) is 0.836. The van der Waals surface area contributed by atoms with Crippen molar-refractivity contribution in [3.63, 3.8) is 0 Å². The van der Waals surface area contributed by atoms with Gasteiger partial charge in [-0.25, -0.2) is 0 Å². The van der Waals surface area contributed by atoms with Crippen LogP contribution in [0.1, 0.15) is 29.7 Å². The zero-order chi connectivity index (χ0) is 19.3. The van der Waals surface area contributed by atoms with Crippen LogP contribution >= 0.6 is 0 Å². The van der Waals surface area contributed by atoms with Crippen molar-refractivity contribution < 1.29 is 9.59 Å². The number of nitrogens with zero attached hydrogens (tertiary/aromatic N) is 2. The van der Waals surface area contributed by atoms with Crippen LogP contribution in [0.25, 0.3) is 0 Å². The number of pyridine rings is 1. The molecule has 5 heteroatoms. The summed E-state index contributed by atoms with van der Waals surface area (Å²) in [6, 6.07) is 13.9. The molecule has 0 saturated heterocycles. The van der Waals surface area contributed by atoms with Gasteiger partial charge in [-0.05, 0) is 42.5 Å². The van der Waals surface area contributed by atoms with Crippen molar-refractivity contribution >= 4 is 11.8 Å². The first-order valence-corrected chi connectivity index (χ1v) is 9.90. The summed E-state index contributed by atoms with van der Waals surface area (Å²) in [5.74, 6) is -0.583. The van der Waals surface area contributed by atoms with Crippen molar-refractivity contribution in [2.24, 2.45) is 11.8 Å². The van der Waals surface area contributed by atoms with Crippen LogP contribution in [-0.4, -0.2) is 28.2 Å². The van der Waals surface area contributed by atoms with E-state index in [1.54, 1.807) is 6.20 Å². The molecule has 4 rings (SSSR count). The van der Waals surface area contributed by atoms with Gasteiger partial charge in [0.1, 0.15) is 0 Å². The number of aromatic nitrogens is 1. The van der Waals surface area contributed by atoms with Gasteiger partial charge in [-0.2, -0.15) is 0 Å². The second kappa shape index (κ2) is 8.38. The molecule has 2 atom stereocenters. The number of carbonyl (C=O) groups is 2. The number of allylic oxidation sites excluding steroid dienone is 2. The summed E-state index contributed by atoms with van der Waals surface area (Å²) in [7, 11) is 0. The first-order valence-electron chi connectivity index (χ1n) is 9.90. The van der Waals surface area contributed by atoms with Gasteiger partial charge in [0.05, 0.1) is 24.1 Å². The number of amides is 2. The highest BCUT2D eigenvalue weighted by molar-refractivity contribution is 5.88. The van der Waals surface area contributed by atoms with E-state index in [0.29, 0.717) is 25.9 Å². The molecule has 1 aliphatic heterocycles. The molecule has 1 N–H and O–H groups in total. The Balaban J connectivity index is 1.43. The van der Waals surface area contributed by atoms with Crippen LogP contribution in [0.4, 0.5) is 0 Å². The highest BCUT2D eigenvalue weighted by Crippen LogP contribution is 2.30. The Morgan fingerprint density at radius 3 is 2.54 bits per heavy atom. The number of benzene rings is 1. The lowest BCUT2D eigenvalue weighted by atomic mass is 9.81. The van der Waals surface area contributed by atoms with E-state index >= 15 is 0 Å². The first kappa shape index (κ1) is 18.4. The van der Waals surface area contributed by atoms with Gasteiger partial charge in [0, 0.05) is 19.3 Å². The summed E-state index contributed by atoms with van der Waals surface area (Å²) < 4.78 is 0. The lowest BCUT2D eigenvalue weighted by Gasteiger charge is -2.35. The highest BCUT2D eigenvalue weighted by atomic mass is 16.2. The van der Waals surface area contributed by atoms with Crippen LogP contribution in [0.5, 0.6) is 0 Å². The zero-order valence-electron chi connectivity index (χ0n) is 15.9. The third-order valence-corrected chi connectivity index (χ3v) is 5.70. The molecule has 1 aliphatic carbocycles. The average Bonchev–Trinajstić information content (AvgIpc) is 2.77. The summed E-state index contributed by atoms with van der Waals surface area (Å²) in [6.45, 7) is 1.74. The van der Waals surface area contributed by atoms with Gasteiger partial charge in [0.2, 0.25) is 11.8 Å². The van der Waals surface area contributed by atoms with Crippen molar-refractivity contribution in [3.05, 3.63) is 77.6 Å². The number of fused-ring (bicyclic) bond motifs is 1. The zero-order valence-corrected chi connectivity index (χ0v) is 15.9. The van der Waals surface area contributed by atoms with Gasteiger partial charge in [-0.1, -0.05) is 42.5 Å². The first-order chi connectivity index (χ1) is 13.7. The normalized spacial score (nSPS) is 21.1. The van der Waals surface area contributed by atoms with E-state index in [4.69, 9.17) is 0 Å². The molecule has 28 heavy (non-hydrogen) atoms. The van der Waals surface area contributed by atoms with Crippen molar-refractivity contribution in [2.75, 3.05) is 6.54 Å². The number of carbonyl (C=O) groups excluding carboxylic acids is 2. The van der Waals surface area contributed by atoms with Crippen LogP contribution in [0.2, 0.25) is 0 Å². The Morgan fingerprint density at radius 2 is 1.75 bits per heavy atom. The van der Waals surface area contributed by atoms with Crippen molar-refractivity contribution in [1.29, 1.82) is 0 Å². The maximum absolute atomic E-state index is 13.3. The molecular weight excluding hydrogens is 350 g/mol. The number of hydrogen-bond donors (Lipinski definition) is 1. The van der Waals surface area contributed by atoms with Gasteiger partial charge in [0.25, 0.3) is 0 Å². The summed E-state index contributed by atoms with van der Waals surface area (Å²) in [5, 5.41) is 2.97. The van der Waals surface area contributed by atoms with Crippen molar-refractivity contribution in [2.45, 2.75) is 32.4 Å². The second-order valence-electron chi connectivity index (χ2n) is 7.47. The predicted octanol–water partition coefficient (Wildman–Crippen LogP) is 2.87. The molecule has 2 aromatic rings. The molecule has 2 unspecified atom stereocenters. The van der Waals surface area contributed by atoms with E-state index in [0.717, 1.165) is 18.7 Å². The topological polar surface area (TPSA) is 62.3 Å². The maximum atomic E-state index is 13.3. The Bertz CT molecular complexity index is 878. The van der Waals surface area contributed by atoms with Crippen LogP contribution in [0.15, 0.2) is 60.8 Å². The van der Waals surface area contributed by atoms with E-state index < -0.39 is 0 Å². The molecular formula is C23H25N3O2. The minimum Gasteiger partial charge on any atom is -0.350 e. The number of nitrogens with one attached hydrogen (secondary N) is 1. The van der Waals surface area contributed by atoms with E-state index in [1.165, 1.54) is 11.1 Å². The summed E-state index contributed by atoms with van der Waals surface area (Å²) in [6.07, 6.45) is 7.86. The van der Waals surface area contributed by atoms with E-state index in [-0.39, 0.29) is 23.7 Å². The highest BCUT2D eigenvalue weighted by Gasteiger charge is 2.37. The number of rotatable bonds is 4. The Hall–Kier alpha value is -2.95. The van der Waals surface area contributed by atoms with E-state index in [9.17, 15) is 9.59 Å². The molecule has 2 amide bonds. The molecule has 1 aromatic heterocycles. The molecule has 0 bridgehead atoms. The standard InChI is InChI=1S/C23H25N3O2/c27-22(25-15-19-9-5-6-13-24-19)20-10-3-4-11-21(20)23(28)26-14-12-17-7-1-2-8-18(17)16-26/h1-9,13,20-21H,10-12,14-16H2,(H,25,27). The monoisotopic (exact) mass is 375 g/mol. The lowest BCUT2D eigenvalue weighted by Crippen LogP contribution is -2.46. The number of hydrogen-bond acceptors (Lipinski definition) is 3. The Labute approximate surface area is 165 Å². The average molecular weight is 375 g/mol. The molecule has 2 aliphatic rings. The fourth-order valence-corrected chi connectivity index (χ4v) is 4.11.